The fraction of sp³-hybridized carbons (Fsp3) is 0.222. The molecule has 0 bridgehead atoms. The van der Waals surface area contributed by atoms with Crippen molar-refractivity contribution in [2.75, 3.05) is 0 Å². The van der Waals surface area contributed by atoms with E-state index in [1.165, 1.54) is 12.1 Å². The molecule has 1 atom stereocenters. The number of rotatable bonds is 1. The summed E-state index contributed by atoms with van der Waals surface area (Å²) in [5, 5.41) is 7.74. The smallest absolute Gasteiger partial charge is 0.145 e. The van der Waals surface area contributed by atoms with Crippen LogP contribution in [-0.2, 0) is 0 Å². The third-order valence-electron chi connectivity index (χ3n) is 1.63. The summed E-state index contributed by atoms with van der Waals surface area (Å²) in [4.78, 5) is 0. The molecule has 0 aliphatic heterocycles. The summed E-state index contributed by atoms with van der Waals surface area (Å²) in [6.07, 6.45) is 0. The van der Waals surface area contributed by atoms with Crippen LogP contribution in [0.3, 0.4) is 0 Å². The highest BCUT2D eigenvalue weighted by Gasteiger charge is 2.09. The summed E-state index contributed by atoms with van der Waals surface area (Å²) in [5.74, 6) is -0.364. The number of aryl methyl sites for hydroxylation is 1. The Balaban J connectivity index is 3.15. The van der Waals surface area contributed by atoms with Crippen LogP contribution in [0.25, 0.3) is 0 Å². The van der Waals surface area contributed by atoms with Gasteiger partial charge in [0.2, 0.25) is 0 Å². The van der Waals surface area contributed by atoms with E-state index in [0.29, 0.717) is 5.56 Å². The van der Waals surface area contributed by atoms with Crippen molar-refractivity contribution >= 4 is 11.6 Å². The van der Waals surface area contributed by atoms with Gasteiger partial charge in [-0.25, -0.2) is 4.39 Å². The second kappa shape index (κ2) is 3.55. The Bertz CT molecular complexity index is 330. The molecule has 0 saturated heterocycles. The summed E-state index contributed by atoms with van der Waals surface area (Å²) in [6, 6.07) is 6.09. The fourth-order valence-electron chi connectivity index (χ4n) is 0.954. The number of alkyl halides is 1. The predicted molar refractivity (Wildman–Crippen MR) is 45.3 cm³/mol. The molecular weight excluding hydrogens is 177 g/mol. The van der Waals surface area contributed by atoms with Crippen molar-refractivity contribution < 1.29 is 4.39 Å². The predicted octanol–water partition coefficient (Wildman–Crippen LogP) is 2.94. The van der Waals surface area contributed by atoms with E-state index in [2.05, 4.69) is 0 Å². The molecule has 0 radical (unpaired) electrons. The minimum Gasteiger partial charge on any atom is -0.207 e. The van der Waals surface area contributed by atoms with E-state index in [4.69, 9.17) is 16.9 Å². The average Bonchev–Trinajstić information content (AvgIpc) is 2.08. The Morgan fingerprint density at radius 3 is 2.83 bits per heavy atom. The zero-order valence-corrected chi connectivity index (χ0v) is 7.27. The Kier molecular flexibility index (Phi) is 2.67. The molecule has 0 spiro atoms. The van der Waals surface area contributed by atoms with Gasteiger partial charge in [-0.3, -0.25) is 0 Å². The monoisotopic (exact) mass is 183 g/mol. The third kappa shape index (κ3) is 1.75. The molecule has 62 valence electrons. The van der Waals surface area contributed by atoms with Gasteiger partial charge < -0.3 is 0 Å². The van der Waals surface area contributed by atoms with E-state index in [9.17, 15) is 4.39 Å². The largest absolute Gasteiger partial charge is 0.207 e. The number of nitrogens with zero attached hydrogens (tertiary/aromatic N) is 1. The van der Waals surface area contributed by atoms with Crippen molar-refractivity contribution in [3.8, 4) is 6.07 Å². The lowest BCUT2D eigenvalue weighted by atomic mass is 10.1. The Labute approximate surface area is 75.4 Å². The molecule has 12 heavy (non-hydrogen) atoms. The Hall–Kier alpha value is -1.07. The molecule has 0 amide bonds. The first-order chi connectivity index (χ1) is 5.65. The van der Waals surface area contributed by atoms with Crippen molar-refractivity contribution in [3.63, 3.8) is 0 Å². The summed E-state index contributed by atoms with van der Waals surface area (Å²) in [6.45, 7) is 1.79. The van der Waals surface area contributed by atoms with Gasteiger partial charge >= 0.3 is 0 Å². The minimum atomic E-state index is -0.763. The molecule has 0 aliphatic rings. The zero-order chi connectivity index (χ0) is 9.14. The van der Waals surface area contributed by atoms with Crippen LogP contribution in [0.15, 0.2) is 18.2 Å². The topological polar surface area (TPSA) is 23.8 Å². The van der Waals surface area contributed by atoms with Gasteiger partial charge in [0.1, 0.15) is 11.2 Å². The Morgan fingerprint density at radius 1 is 1.58 bits per heavy atom. The van der Waals surface area contributed by atoms with Crippen LogP contribution in [0.4, 0.5) is 4.39 Å². The van der Waals surface area contributed by atoms with Crippen LogP contribution in [0.5, 0.6) is 0 Å². The summed E-state index contributed by atoms with van der Waals surface area (Å²) in [5.41, 5.74) is 1.37. The van der Waals surface area contributed by atoms with E-state index >= 15 is 0 Å². The highest BCUT2D eigenvalue weighted by atomic mass is 35.5. The van der Waals surface area contributed by atoms with Crippen LogP contribution in [-0.4, -0.2) is 0 Å². The summed E-state index contributed by atoms with van der Waals surface area (Å²) in [7, 11) is 0. The van der Waals surface area contributed by atoms with E-state index in [1.807, 2.05) is 6.07 Å². The molecule has 0 heterocycles. The van der Waals surface area contributed by atoms with Crippen LogP contribution in [0.2, 0.25) is 0 Å². The Morgan fingerprint density at radius 2 is 2.25 bits per heavy atom. The summed E-state index contributed by atoms with van der Waals surface area (Å²) >= 11 is 5.64. The molecule has 3 heteroatoms. The lowest BCUT2D eigenvalue weighted by molar-refractivity contribution is 0.625. The number of benzene rings is 1. The molecule has 0 fully saturated rings. The number of nitriles is 1. The van der Waals surface area contributed by atoms with Gasteiger partial charge in [-0.1, -0.05) is 6.07 Å². The normalized spacial score (nSPS) is 12.2. The maximum atomic E-state index is 12.7. The zero-order valence-electron chi connectivity index (χ0n) is 6.51. The van der Waals surface area contributed by atoms with Gasteiger partial charge in [0.15, 0.2) is 0 Å². The first kappa shape index (κ1) is 9.02. The molecule has 0 N–H and O–H groups in total. The second-order valence-corrected chi connectivity index (χ2v) is 2.93. The average molecular weight is 184 g/mol. The van der Waals surface area contributed by atoms with E-state index in [-0.39, 0.29) is 5.82 Å². The van der Waals surface area contributed by atoms with E-state index < -0.39 is 5.38 Å². The second-order valence-electron chi connectivity index (χ2n) is 2.49. The maximum absolute atomic E-state index is 12.7. The van der Waals surface area contributed by atoms with Gasteiger partial charge in [0, 0.05) is 0 Å². The van der Waals surface area contributed by atoms with Gasteiger partial charge in [-0.05, 0) is 30.2 Å². The highest BCUT2D eigenvalue weighted by Crippen LogP contribution is 2.23. The van der Waals surface area contributed by atoms with E-state index in [0.717, 1.165) is 5.56 Å². The van der Waals surface area contributed by atoms with E-state index in [1.54, 1.807) is 13.0 Å². The standard InChI is InChI=1S/C9H7ClFN/c1-6-2-3-7(11)4-8(6)9(10)5-12/h2-4,9H,1H3. The minimum absolute atomic E-state index is 0.364. The SMILES string of the molecule is Cc1ccc(F)cc1C(Cl)C#N. The van der Waals surface area contributed by atoms with Crippen LogP contribution in [0.1, 0.15) is 16.5 Å². The number of hydrogen-bond donors (Lipinski definition) is 0. The highest BCUT2D eigenvalue weighted by molar-refractivity contribution is 6.22. The van der Waals surface area contributed by atoms with Gasteiger partial charge in [0.05, 0.1) is 6.07 Å². The molecule has 0 saturated carbocycles. The lowest BCUT2D eigenvalue weighted by Crippen LogP contribution is -1.92. The van der Waals surface area contributed by atoms with Crippen LogP contribution < -0.4 is 0 Å². The first-order valence-electron chi connectivity index (χ1n) is 3.45. The lowest BCUT2D eigenvalue weighted by Gasteiger charge is -2.04. The maximum Gasteiger partial charge on any atom is 0.145 e. The van der Waals surface area contributed by atoms with Crippen LogP contribution in [0, 0.1) is 24.1 Å². The molecule has 1 aromatic rings. The van der Waals surface area contributed by atoms with Crippen molar-refractivity contribution in [2.45, 2.75) is 12.3 Å². The molecule has 1 nitrogen and oxygen atoms in total. The molecule has 0 aromatic heterocycles. The quantitative estimate of drug-likeness (QED) is 0.615. The summed E-state index contributed by atoms with van der Waals surface area (Å²) < 4.78 is 12.7. The van der Waals surface area contributed by atoms with Crippen molar-refractivity contribution in [2.24, 2.45) is 0 Å². The number of hydrogen-bond acceptors (Lipinski definition) is 1. The molecular formula is C9H7ClFN. The van der Waals surface area contributed by atoms with Crippen molar-refractivity contribution in [1.29, 1.82) is 5.26 Å². The van der Waals surface area contributed by atoms with Gasteiger partial charge in [0.25, 0.3) is 0 Å². The molecule has 1 rings (SSSR count). The fourth-order valence-corrected chi connectivity index (χ4v) is 1.19. The van der Waals surface area contributed by atoms with Gasteiger partial charge in [-0.2, -0.15) is 5.26 Å². The molecule has 0 aliphatic carbocycles. The third-order valence-corrected chi connectivity index (χ3v) is 1.96. The van der Waals surface area contributed by atoms with Crippen LogP contribution >= 0.6 is 11.6 Å². The molecule has 1 unspecified atom stereocenters. The molecule has 1 aromatic carbocycles. The first-order valence-corrected chi connectivity index (χ1v) is 3.88. The van der Waals surface area contributed by atoms with Crippen molar-refractivity contribution in [1.82, 2.24) is 0 Å². The van der Waals surface area contributed by atoms with Gasteiger partial charge in [-0.15, -0.1) is 11.6 Å². The van der Waals surface area contributed by atoms with Crippen molar-refractivity contribution in [3.05, 3.63) is 35.1 Å². The number of halogens is 2.